The maximum absolute atomic E-state index is 12.8. The van der Waals surface area contributed by atoms with Crippen LogP contribution in [0, 0.1) is 0 Å². The lowest BCUT2D eigenvalue weighted by molar-refractivity contribution is 0.0693. The Hall–Kier alpha value is -4.33. The Morgan fingerprint density at radius 3 is 2.16 bits per heavy atom. The molecule has 0 unspecified atom stereocenters. The Balaban J connectivity index is 1.55. The fourth-order valence-corrected chi connectivity index (χ4v) is 3.31. The minimum atomic E-state index is -0.431. The van der Waals surface area contributed by atoms with Crippen molar-refractivity contribution in [1.82, 2.24) is 4.90 Å². The van der Waals surface area contributed by atoms with E-state index in [4.69, 9.17) is 14.2 Å². The molecule has 8 nitrogen and oxygen atoms in total. The van der Waals surface area contributed by atoms with E-state index in [2.05, 4.69) is 5.32 Å². The molecule has 1 aliphatic rings. The van der Waals surface area contributed by atoms with Crippen LogP contribution in [0.5, 0.6) is 23.0 Å². The van der Waals surface area contributed by atoms with E-state index in [1.54, 1.807) is 49.6 Å². The molecule has 0 fully saturated rings. The summed E-state index contributed by atoms with van der Waals surface area (Å²) in [4.78, 5) is 38.0. The molecule has 3 amide bonds. The molecular weight excluding hydrogens is 412 g/mol. The first kappa shape index (κ1) is 20.9. The molecule has 0 spiro atoms. The van der Waals surface area contributed by atoms with Crippen LogP contribution in [0.3, 0.4) is 0 Å². The third kappa shape index (κ3) is 3.85. The van der Waals surface area contributed by atoms with Gasteiger partial charge in [0.1, 0.15) is 11.5 Å². The number of rotatable bonds is 6. The molecule has 8 heteroatoms. The maximum atomic E-state index is 12.8. The van der Waals surface area contributed by atoms with Gasteiger partial charge in [-0.25, -0.2) is 0 Å². The summed E-state index contributed by atoms with van der Waals surface area (Å²) < 4.78 is 16.4. The highest BCUT2D eigenvalue weighted by Gasteiger charge is 2.33. The van der Waals surface area contributed by atoms with Crippen molar-refractivity contribution in [2.24, 2.45) is 0 Å². The van der Waals surface area contributed by atoms with E-state index in [0.717, 1.165) is 4.90 Å². The predicted molar refractivity (Wildman–Crippen MR) is 117 cm³/mol. The topological polar surface area (TPSA) is 94.2 Å². The highest BCUT2D eigenvalue weighted by atomic mass is 16.5. The number of anilines is 1. The number of fused-ring (bicyclic) bond motifs is 1. The molecule has 0 radical (unpaired) electrons. The van der Waals surface area contributed by atoms with Gasteiger partial charge in [-0.1, -0.05) is 0 Å². The number of hydrogen-bond donors (Lipinski definition) is 1. The van der Waals surface area contributed by atoms with Gasteiger partial charge in [0.15, 0.2) is 11.5 Å². The van der Waals surface area contributed by atoms with E-state index in [9.17, 15) is 14.4 Å². The Morgan fingerprint density at radius 2 is 1.47 bits per heavy atom. The molecule has 32 heavy (non-hydrogen) atoms. The Morgan fingerprint density at radius 1 is 0.781 bits per heavy atom. The number of imide groups is 1. The van der Waals surface area contributed by atoms with Gasteiger partial charge in [-0.15, -0.1) is 0 Å². The number of nitrogens with zero attached hydrogens (tertiary/aromatic N) is 1. The third-order valence-electron chi connectivity index (χ3n) is 5.06. The highest BCUT2D eigenvalue weighted by molar-refractivity contribution is 6.22. The second-order valence-corrected chi connectivity index (χ2v) is 7.03. The van der Waals surface area contributed by atoms with Crippen molar-refractivity contribution in [3.8, 4) is 23.0 Å². The summed E-state index contributed by atoms with van der Waals surface area (Å²) in [5.41, 5.74) is 1.23. The maximum Gasteiger partial charge on any atom is 0.261 e. The van der Waals surface area contributed by atoms with Crippen molar-refractivity contribution >= 4 is 23.4 Å². The smallest absolute Gasteiger partial charge is 0.261 e. The van der Waals surface area contributed by atoms with Crippen LogP contribution < -0.4 is 19.5 Å². The van der Waals surface area contributed by atoms with Crippen LogP contribution in [-0.4, -0.2) is 43.9 Å². The number of nitrogens with one attached hydrogen (secondary N) is 1. The Labute approximate surface area is 184 Å². The van der Waals surface area contributed by atoms with Crippen molar-refractivity contribution in [3.63, 3.8) is 0 Å². The number of hydrogen-bond acceptors (Lipinski definition) is 6. The molecule has 4 rings (SSSR count). The van der Waals surface area contributed by atoms with Crippen molar-refractivity contribution in [2.75, 3.05) is 26.6 Å². The molecular formula is C24H20N2O6. The zero-order valence-electron chi connectivity index (χ0n) is 17.7. The SMILES string of the molecule is COc1ccc(Oc2cc(NC(=O)c3ccc4c(c3)C(=O)N(C)C4=O)ccc2OC)cc1. The minimum absolute atomic E-state index is 0.211. The molecule has 3 aromatic carbocycles. The van der Waals surface area contributed by atoms with E-state index < -0.39 is 11.8 Å². The summed E-state index contributed by atoms with van der Waals surface area (Å²) in [6.07, 6.45) is 0. The Bertz CT molecular complexity index is 1220. The first-order chi connectivity index (χ1) is 15.4. The molecule has 0 aliphatic carbocycles. The predicted octanol–water partition coefficient (Wildman–Crippen LogP) is 3.97. The van der Waals surface area contributed by atoms with Gasteiger partial charge in [0, 0.05) is 24.4 Å². The summed E-state index contributed by atoms with van der Waals surface area (Å²) in [6, 6.07) is 16.4. The minimum Gasteiger partial charge on any atom is -0.497 e. The molecule has 162 valence electrons. The summed E-state index contributed by atoms with van der Waals surface area (Å²) in [5.74, 6) is 0.926. The molecule has 1 aliphatic heterocycles. The monoisotopic (exact) mass is 432 g/mol. The standard InChI is InChI=1S/C24H20N2O6/c1-26-23(28)18-10-4-14(12-19(18)24(26)29)22(27)25-15-5-11-20(31-3)21(13-15)32-17-8-6-16(30-2)7-9-17/h4-13H,1-3H3,(H,25,27). The van der Waals surface area contributed by atoms with Gasteiger partial charge in [0.2, 0.25) is 0 Å². The number of carbonyl (C=O) groups is 3. The van der Waals surface area contributed by atoms with Crippen molar-refractivity contribution in [3.05, 3.63) is 77.4 Å². The van der Waals surface area contributed by atoms with E-state index >= 15 is 0 Å². The summed E-state index contributed by atoms with van der Waals surface area (Å²) in [7, 11) is 4.51. The molecule has 1 N–H and O–H groups in total. The molecule has 0 bridgehead atoms. The fourth-order valence-electron chi connectivity index (χ4n) is 3.31. The van der Waals surface area contributed by atoms with Gasteiger partial charge in [-0.2, -0.15) is 0 Å². The van der Waals surface area contributed by atoms with Crippen molar-refractivity contribution < 1.29 is 28.6 Å². The van der Waals surface area contributed by atoms with Crippen molar-refractivity contribution in [1.29, 1.82) is 0 Å². The molecule has 0 atom stereocenters. The number of carbonyl (C=O) groups excluding carboxylic acids is 3. The molecule has 1 heterocycles. The van der Waals surface area contributed by atoms with E-state index in [-0.39, 0.29) is 22.6 Å². The van der Waals surface area contributed by atoms with Gasteiger partial charge >= 0.3 is 0 Å². The van der Waals surface area contributed by atoms with Crippen LogP contribution in [-0.2, 0) is 0 Å². The largest absolute Gasteiger partial charge is 0.497 e. The molecule has 0 aromatic heterocycles. The normalized spacial score (nSPS) is 12.4. The van der Waals surface area contributed by atoms with Crippen LogP contribution in [0.25, 0.3) is 0 Å². The number of ether oxygens (including phenoxy) is 3. The van der Waals surface area contributed by atoms with Gasteiger partial charge in [-0.3, -0.25) is 19.3 Å². The number of benzene rings is 3. The van der Waals surface area contributed by atoms with Crippen LogP contribution in [0.2, 0.25) is 0 Å². The van der Waals surface area contributed by atoms with Crippen LogP contribution >= 0.6 is 0 Å². The lowest BCUT2D eigenvalue weighted by Crippen LogP contribution is -2.24. The average Bonchev–Trinajstić information content (AvgIpc) is 3.03. The summed E-state index contributed by atoms with van der Waals surface area (Å²) in [6.45, 7) is 0. The highest BCUT2D eigenvalue weighted by Crippen LogP contribution is 2.35. The molecule has 0 saturated heterocycles. The summed E-state index contributed by atoms with van der Waals surface area (Å²) in [5, 5.41) is 2.78. The zero-order chi connectivity index (χ0) is 22.8. The van der Waals surface area contributed by atoms with Crippen LogP contribution in [0.4, 0.5) is 5.69 Å². The van der Waals surface area contributed by atoms with Gasteiger partial charge in [-0.05, 0) is 54.6 Å². The second kappa shape index (κ2) is 8.43. The van der Waals surface area contributed by atoms with Crippen LogP contribution in [0.15, 0.2) is 60.7 Å². The fraction of sp³-hybridized carbons (Fsp3) is 0.125. The first-order valence-corrected chi connectivity index (χ1v) is 9.69. The lowest BCUT2D eigenvalue weighted by Gasteiger charge is -2.13. The lowest BCUT2D eigenvalue weighted by atomic mass is 10.1. The zero-order valence-corrected chi connectivity index (χ0v) is 17.7. The van der Waals surface area contributed by atoms with Crippen LogP contribution in [0.1, 0.15) is 31.1 Å². The van der Waals surface area contributed by atoms with Gasteiger partial charge in [0.25, 0.3) is 17.7 Å². The third-order valence-corrected chi connectivity index (χ3v) is 5.06. The second-order valence-electron chi connectivity index (χ2n) is 7.03. The summed E-state index contributed by atoms with van der Waals surface area (Å²) >= 11 is 0. The first-order valence-electron chi connectivity index (χ1n) is 9.69. The van der Waals surface area contributed by atoms with Gasteiger partial charge < -0.3 is 19.5 Å². The van der Waals surface area contributed by atoms with Gasteiger partial charge in [0.05, 0.1) is 25.3 Å². The quantitative estimate of drug-likeness (QED) is 0.593. The number of methoxy groups -OCH3 is 2. The van der Waals surface area contributed by atoms with E-state index in [0.29, 0.717) is 28.7 Å². The average molecular weight is 432 g/mol. The van der Waals surface area contributed by atoms with E-state index in [1.165, 1.54) is 32.4 Å². The van der Waals surface area contributed by atoms with E-state index in [1.807, 2.05) is 0 Å². The van der Waals surface area contributed by atoms with Crippen molar-refractivity contribution in [2.45, 2.75) is 0 Å². The molecule has 0 saturated carbocycles. The molecule has 3 aromatic rings. The Kier molecular flexibility index (Phi) is 5.51. The number of amides is 3.